The van der Waals surface area contributed by atoms with Crippen LogP contribution in [0, 0.1) is 0 Å². The normalized spacial score (nSPS) is 18.8. The van der Waals surface area contributed by atoms with Crippen molar-refractivity contribution in [1.82, 2.24) is 4.90 Å². The number of ether oxygens (including phenoxy) is 3. The van der Waals surface area contributed by atoms with Crippen LogP contribution in [0.5, 0.6) is 11.5 Å². The van der Waals surface area contributed by atoms with Gasteiger partial charge >= 0.3 is 5.97 Å². The Morgan fingerprint density at radius 1 is 0.973 bits per heavy atom. The SMILES string of the molecule is O=C(COC(=O)c1ccc(N2C(=O)C[C@H](SC(=S)N3CCCCC3)C2=O)cc1)c1ccc2c(c1)OCO2. The van der Waals surface area contributed by atoms with E-state index in [1.807, 2.05) is 0 Å². The second-order valence-corrected chi connectivity index (χ2v) is 10.6. The first-order valence-electron chi connectivity index (χ1n) is 11.9. The first-order chi connectivity index (χ1) is 17.9. The fraction of sp³-hybridized carbons (Fsp3) is 0.346. The Bertz CT molecular complexity index is 1260. The van der Waals surface area contributed by atoms with E-state index >= 15 is 0 Å². The molecule has 11 heteroatoms. The van der Waals surface area contributed by atoms with Crippen molar-refractivity contribution in [2.45, 2.75) is 30.9 Å². The average Bonchev–Trinajstić information content (AvgIpc) is 3.50. The van der Waals surface area contributed by atoms with Crippen molar-refractivity contribution in [2.75, 3.05) is 31.4 Å². The number of fused-ring (bicyclic) bond motifs is 1. The molecule has 0 aliphatic carbocycles. The van der Waals surface area contributed by atoms with Crippen LogP contribution in [0.4, 0.5) is 5.69 Å². The number of imide groups is 1. The Labute approximate surface area is 223 Å². The van der Waals surface area contributed by atoms with E-state index in [1.54, 1.807) is 18.2 Å². The van der Waals surface area contributed by atoms with Gasteiger partial charge in [-0.05, 0) is 61.7 Å². The zero-order valence-electron chi connectivity index (χ0n) is 19.8. The molecule has 37 heavy (non-hydrogen) atoms. The van der Waals surface area contributed by atoms with E-state index in [1.165, 1.54) is 42.4 Å². The van der Waals surface area contributed by atoms with Crippen LogP contribution in [0.1, 0.15) is 46.4 Å². The summed E-state index contributed by atoms with van der Waals surface area (Å²) in [6, 6.07) is 10.7. The standard InChI is InChI=1S/C26H24N2O7S2/c29-19(17-6-9-20-21(12-17)35-15-34-20)14-33-25(32)16-4-7-18(8-5-16)28-23(30)13-22(24(28)31)37-26(36)27-10-2-1-3-11-27/h4-9,12,22H,1-3,10-11,13-15H2/t22-/m0/s1. The highest BCUT2D eigenvalue weighted by Gasteiger charge is 2.41. The molecule has 2 aromatic rings. The van der Waals surface area contributed by atoms with Crippen LogP contribution in [-0.2, 0) is 14.3 Å². The van der Waals surface area contributed by atoms with Crippen LogP contribution in [0.15, 0.2) is 42.5 Å². The van der Waals surface area contributed by atoms with Crippen LogP contribution in [0.2, 0.25) is 0 Å². The number of carbonyl (C=O) groups is 4. The molecule has 2 saturated heterocycles. The third-order valence-electron chi connectivity index (χ3n) is 6.35. The molecular weight excluding hydrogens is 516 g/mol. The van der Waals surface area contributed by atoms with Crippen molar-refractivity contribution in [3.63, 3.8) is 0 Å². The Morgan fingerprint density at radius 3 is 2.43 bits per heavy atom. The first kappa shape index (κ1) is 25.2. The van der Waals surface area contributed by atoms with E-state index in [4.69, 9.17) is 26.4 Å². The summed E-state index contributed by atoms with van der Waals surface area (Å²) in [7, 11) is 0. The van der Waals surface area contributed by atoms with E-state index in [9.17, 15) is 19.2 Å². The number of Topliss-reactive ketones (excluding diaryl/α,β-unsaturated/α-hetero) is 1. The average molecular weight is 541 g/mol. The lowest BCUT2D eigenvalue weighted by Crippen LogP contribution is -2.35. The van der Waals surface area contributed by atoms with E-state index in [0.29, 0.717) is 27.1 Å². The molecule has 9 nitrogen and oxygen atoms in total. The van der Waals surface area contributed by atoms with Gasteiger partial charge in [0.2, 0.25) is 18.6 Å². The quantitative estimate of drug-likeness (QED) is 0.234. The molecule has 0 bridgehead atoms. The molecule has 0 aromatic heterocycles. The number of benzene rings is 2. The minimum Gasteiger partial charge on any atom is -0.454 e. The largest absolute Gasteiger partial charge is 0.454 e. The monoisotopic (exact) mass is 540 g/mol. The molecular formula is C26H24N2O7S2. The van der Waals surface area contributed by atoms with Gasteiger partial charge in [-0.15, -0.1) is 0 Å². The van der Waals surface area contributed by atoms with E-state index in [0.717, 1.165) is 30.8 Å². The number of nitrogens with zero attached hydrogens (tertiary/aromatic N) is 2. The molecule has 3 aliphatic rings. The number of thiocarbonyl (C=S) groups is 1. The predicted molar refractivity (Wildman–Crippen MR) is 140 cm³/mol. The molecule has 0 saturated carbocycles. The van der Waals surface area contributed by atoms with Gasteiger partial charge in [0, 0.05) is 25.1 Å². The number of carbonyl (C=O) groups excluding carboxylic acids is 4. The van der Waals surface area contributed by atoms with E-state index in [2.05, 4.69) is 4.90 Å². The lowest BCUT2D eigenvalue weighted by atomic mass is 10.1. The predicted octanol–water partition coefficient (Wildman–Crippen LogP) is 3.59. The Balaban J connectivity index is 1.17. The van der Waals surface area contributed by atoms with Crippen LogP contribution in [-0.4, -0.2) is 64.5 Å². The fourth-order valence-electron chi connectivity index (χ4n) is 4.35. The van der Waals surface area contributed by atoms with E-state index < -0.39 is 17.8 Å². The van der Waals surface area contributed by atoms with Crippen molar-refractivity contribution in [1.29, 1.82) is 0 Å². The molecule has 3 aliphatic heterocycles. The van der Waals surface area contributed by atoms with Crippen molar-refractivity contribution >= 4 is 57.6 Å². The number of anilines is 1. The maximum Gasteiger partial charge on any atom is 0.338 e. The lowest BCUT2D eigenvalue weighted by Gasteiger charge is -2.29. The summed E-state index contributed by atoms with van der Waals surface area (Å²) in [5, 5.41) is -0.561. The molecule has 0 radical (unpaired) electrons. The maximum absolute atomic E-state index is 13.0. The Hall–Kier alpha value is -3.44. The zero-order valence-corrected chi connectivity index (χ0v) is 21.5. The molecule has 192 valence electrons. The Morgan fingerprint density at radius 2 is 1.68 bits per heavy atom. The zero-order chi connectivity index (χ0) is 25.9. The topological polar surface area (TPSA) is 102 Å². The minimum absolute atomic E-state index is 0.0727. The molecule has 0 N–H and O–H groups in total. The molecule has 5 rings (SSSR count). The van der Waals surface area contributed by atoms with Gasteiger partial charge in [-0.2, -0.15) is 0 Å². The molecule has 2 fully saturated rings. The van der Waals surface area contributed by atoms with Crippen molar-refractivity contribution in [3.05, 3.63) is 53.6 Å². The molecule has 0 unspecified atom stereocenters. The van der Waals surface area contributed by atoms with Crippen LogP contribution in [0.3, 0.4) is 0 Å². The highest BCUT2D eigenvalue weighted by Crippen LogP contribution is 2.33. The number of hydrogen-bond donors (Lipinski definition) is 0. The Kier molecular flexibility index (Phi) is 7.43. The van der Waals surface area contributed by atoms with Gasteiger partial charge < -0.3 is 19.1 Å². The van der Waals surface area contributed by atoms with Crippen LogP contribution in [0.25, 0.3) is 0 Å². The fourth-order valence-corrected chi connectivity index (χ4v) is 5.89. The summed E-state index contributed by atoms with van der Waals surface area (Å²) in [5.74, 6) is -0.693. The van der Waals surface area contributed by atoms with Crippen molar-refractivity contribution in [3.8, 4) is 11.5 Å². The lowest BCUT2D eigenvalue weighted by molar-refractivity contribution is -0.121. The first-order valence-corrected chi connectivity index (χ1v) is 13.2. The van der Waals surface area contributed by atoms with Crippen LogP contribution >= 0.6 is 24.0 Å². The smallest absolute Gasteiger partial charge is 0.338 e. The molecule has 3 heterocycles. The molecule has 2 aromatic carbocycles. The second kappa shape index (κ2) is 10.9. The van der Waals surface area contributed by atoms with Crippen molar-refractivity contribution in [2.24, 2.45) is 0 Å². The van der Waals surface area contributed by atoms with Gasteiger partial charge in [-0.1, -0.05) is 24.0 Å². The van der Waals surface area contributed by atoms with Gasteiger partial charge in [-0.25, -0.2) is 9.69 Å². The maximum atomic E-state index is 13.0. The minimum atomic E-state index is -0.694. The number of rotatable bonds is 6. The molecule has 1 atom stereocenters. The summed E-state index contributed by atoms with van der Waals surface area (Å²) in [6.45, 7) is 1.41. The van der Waals surface area contributed by atoms with Crippen LogP contribution < -0.4 is 14.4 Å². The number of likely N-dealkylation sites (tertiary alicyclic amines) is 1. The number of ketones is 1. The number of amides is 2. The van der Waals surface area contributed by atoms with Gasteiger partial charge in [-0.3, -0.25) is 14.4 Å². The summed E-state index contributed by atoms with van der Waals surface area (Å²) >= 11 is 6.79. The summed E-state index contributed by atoms with van der Waals surface area (Å²) in [5.41, 5.74) is 0.902. The van der Waals surface area contributed by atoms with Gasteiger partial charge in [0.05, 0.1) is 11.3 Å². The van der Waals surface area contributed by atoms with E-state index in [-0.39, 0.29) is 36.4 Å². The summed E-state index contributed by atoms with van der Waals surface area (Å²) < 4.78 is 16.3. The number of hydrogen-bond acceptors (Lipinski definition) is 9. The number of piperidine rings is 1. The highest BCUT2D eigenvalue weighted by molar-refractivity contribution is 8.23. The summed E-state index contributed by atoms with van der Waals surface area (Å²) in [4.78, 5) is 53.8. The van der Waals surface area contributed by atoms with Crippen molar-refractivity contribution < 1.29 is 33.4 Å². The number of thioether (sulfide) groups is 1. The molecule has 2 amide bonds. The third-order valence-corrected chi connectivity index (χ3v) is 8.01. The second-order valence-electron chi connectivity index (χ2n) is 8.81. The molecule has 0 spiro atoms. The highest BCUT2D eigenvalue weighted by atomic mass is 32.2. The third kappa shape index (κ3) is 5.47. The summed E-state index contributed by atoms with van der Waals surface area (Å²) in [6.07, 6.45) is 3.40. The number of esters is 1. The van der Waals surface area contributed by atoms with Gasteiger partial charge in [0.25, 0.3) is 0 Å². The van der Waals surface area contributed by atoms with Gasteiger partial charge in [0.1, 0.15) is 9.57 Å². The van der Waals surface area contributed by atoms with Gasteiger partial charge in [0.15, 0.2) is 23.9 Å².